The van der Waals surface area contributed by atoms with Crippen LogP contribution >= 0.6 is 0 Å². The third-order valence-corrected chi connectivity index (χ3v) is 1.91. The van der Waals surface area contributed by atoms with E-state index in [1.165, 1.54) is 6.42 Å². The smallest absolute Gasteiger partial charge is 0.0918 e. The van der Waals surface area contributed by atoms with Gasteiger partial charge in [0.15, 0.2) is 0 Å². The van der Waals surface area contributed by atoms with E-state index in [2.05, 4.69) is 30.9 Å². The third kappa shape index (κ3) is 9.30. The van der Waals surface area contributed by atoms with Gasteiger partial charge in [-0.25, -0.2) is 0 Å². The quantitative estimate of drug-likeness (QED) is 0.441. The standard InChI is InChI=1S/C9H22N4/c1-12(2)6-4-7-13(3)8-5-9(10)11/h4-8H2,1-3H3,(H3,10,11). The van der Waals surface area contributed by atoms with Crippen LogP contribution in [-0.4, -0.2) is 56.4 Å². The van der Waals surface area contributed by atoms with Crippen LogP contribution in [-0.2, 0) is 0 Å². The van der Waals surface area contributed by atoms with Crippen LogP contribution in [0, 0.1) is 5.41 Å². The Balaban J connectivity index is 3.30. The summed E-state index contributed by atoms with van der Waals surface area (Å²) in [6.07, 6.45) is 1.85. The topological polar surface area (TPSA) is 56.4 Å². The molecule has 0 saturated heterocycles. The molecule has 0 bridgehead atoms. The van der Waals surface area contributed by atoms with Crippen molar-refractivity contribution in [1.29, 1.82) is 5.41 Å². The molecular weight excluding hydrogens is 164 g/mol. The summed E-state index contributed by atoms with van der Waals surface area (Å²) in [5.41, 5.74) is 5.27. The maximum Gasteiger partial charge on any atom is 0.0918 e. The number of nitrogens with two attached hydrogens (primary N) is 1. The van der Waals surface area contributed by atoms with Crippen LogP contribution in [0.2, 0.25) is 0 Å². The zero-order valence-corrected chi connectivity index (χ0v) is 9.01. The Morgan fingerprint density at radius 1 is 1.15 bits per heavy atom. The first-order chi connectivity index (χ1) is 6.02. The first kappa shape index (κ1) is 12.4. The van der Waals surface area contributed by atoms with Crippen molar-refractivity contribution >= 4 is 5.84 Å². The van der Waals surface area contributed by atoms with Crippen molar-refractivity contribution in [1.82, 2.24) is 9.80 Å². The van der Waals surface area contributed by atoms with E-state index < -0.39 is 0 Å². The van der Waals surface area contributed by atoms with Crippen molar-refractivity contribution in [2.75, 3.05) is 40.8 Å². The second-order valence-electron chi connectivity index (χ2n) is 3.74. The summed E-state index contributed by atoms with van der Waals surface area (Å²) in [4.78, 5) is 4.39. The van der Waals surface area contributed by atoms with Crippen LogP contribution in [0.3, 0.4) is 0 Å². The number of rotatable bonds is 7. The highest BCUT2D eigenvalue weighted by molar-refractivity contribution is 5.76. The second kappa shape index (κ2) is 6.86. The minimum atomic E-state index is 0.277. The molecule has 78 valence electrons. The van der Waals surface area contributed by atoms with Gasteiger partial charge in [0.2, 0.25) is 0 Å². The van der Waals surface area contributed by atoms with Crippen LogP contribution < -0.4 is 5.73 Å². The van der Waals surface area contributed by atoms with Gasteiger partial charge >= 0.3 is 0 Å². The summed E-state index contributed by atoms with van der Waals surface area (Å²) in [5, 5.41) is 7.08. The van der Waals surface area contributed by atoms with E-state index in [1.54, 1.807) is 0 Å². The molecule has 0 aromatic heterocycles. The molecule has 4 heteroatoms. The number of amidine groups is 1. The average Bonchev–Trinajstić information content (AvgIpc) is 2.00. The molecule has 0 fully saturated rings. The molecule has 0 aromatic rings. The van der Waals surface area contributed by atoms with Gasteiger partial charge in [-0.05, 0) is 40.7 Å². The summed E-state index contributed by atoms with van der Waals surface area (Å²) in [6, 6.07) is 0. The highest BCUT2D eigenvalue weighted by Crippen LogP contribution is 1.91. The summed E-state index contributed by atoms with van der Waals surface area (Å²) < 4.78 is 0. The Morgan fingerprint density at radius 3 is 2.23 bits per heavy atom. The lowest BCUT2D eigenvalue weighted by atomic mass is 10.3. The van der Waals surface area contributed by atoms with Gasteiger partial charge < -0.3 is 15.5 Å². The minimum absolute atomic E-state index is 0.277. The lowest BCUT2D eigenvalue weighted by Gasteiger charge is -2.17. The lowest BCUT2D eigenvalue weighted by molar-refractivity contribution is 0.306. The minimum Gasteiger partial charge on any atom is -0.388 e. The molecule has 0 atom stereocenters. The fourth-order valence-electron chi connectivity index (χ4n) is 1.08. The fraction of sp³-hybridized carbons (Fsp3) is 0.889. The third-order valence-electron chi connectivity index (χ3n) is 1.91. The SMILES string of the molecule is CN(C)CCCN(C)CCC(=N)N. The molecule has 3 N–H and O–H groups in total. The van der Waals surface area contributed by atoms with Gasteiger partial charge in [0.1, 0.15) is 0 Å². The number of nitrogens with zero attached hydrogens (tertiary/aromatic N) is 2. The van der Waals surface area contributed by atoms with Crippen LogP contribution in [0.1, 0.15) is 12.8 Å². The van der Waals surface area contributed by atoms with Crippen LogP contribution in [0.4, 0.5) is 0 Å². The zero-order chi connectivity index (χ0) is 10.3. The molecule has 0 aliphatic carbocycles. The van der Waals surface area contributed by atoms with E-state index in [9.17, 15) is 0 Å². The average molecular weight is 186 g/mol. The molecule has 0 spiro atoms. The van der Waals surface area contributed by atoms with Gasteiger partial charge in [0.25, 0.3) is 0 Å². The highest BCUT2D eigenvalue weighted by Gasteiger charge is 1.99. The molecule has 0 aromatic carbocycles. The maximum absolute atomic E-state index is 7.08. The van der Waals surface area contributed by atoms with Crippen molar-refractivity contribution in [2.24, 2.45) is 5.73 Å². The van der Waals surface area contributed by atoms with Crippen molar-refractivity contribution in [3.8, 4) is 0 Å². The van der Waals surface area contributed by atoms with Crippen LogP contribution in [0.15, 0.2) is 0 Å². The van der Waals surface area contributed by atoms with Gasteiger partial charge in [-0.15, -0.1) is 0 Å². The van der Waals surface area contributed by atoms with Gasteiger partial charge in [-0.2, -0.15) is 0 Å². The van der Waals surface area contributed by atoms with E-state index >= 15 is 0 Å². The van der Waals surface area contributed by atoms with E-state index in [-0.39, 0.29) is 5.84 Å². The molecule has 0 amide bonds. The van der Waals surface area contributed by atoms with E-state index in [1.807, 2.05) is 0 Å². The zero-order valence-electron chi connectivity index (χ0n) is 9.01. The number of nitrogens with one attached hydrogen (secondary N) is 1. The van der Waals surface area contributed by atoms with E-state index in [4.69, 9.17) is 11.1 Å². The molecule has 0 rings (SSSR count). The number of hydrogen-bond donors (Lipinski definition) is 2. The monoisotopic (exact) mass is 186 g/mol. The van der Waals surface area contributed by atoms with Crippen molar-refractivity contribution in [2.45, 2.75) is 12.8 Å². The molecule has 0 unspecified atom stereocenters. The second-order valence-corrected chi connectivity index (χ2v) is 3.74. The fourth-order valence-corrected chi connectivity index (χ4v) is 1.08. The van der Waals surface area contributed by atoms with Gasteiger partial charge in [0.05, 0.1) is 5.84 Å². The van der Waals surface area contributed by atoms with Crippen molar-refractivity contribution < 1.29 is 0 Å². The molecule has 0 aliphatic heterocycles. The predicted molar refractivity (Wildman–Crippen MR) is 57.2 cm³/mol. The first-order valence-electron chi connectivity index (χ1n) is 4.68. The number of hydrogen-bond acceptors (Lipinski definition) is 3. The summed E-state index contributed by atoms with van der Waals surface area (Å²) in [5.74, 6) is 0.277. The summed E-state index contributed by atoms with van der Waals surface area (Å²) >= 11 is 0. The Kier molecular flexibility index (Phi) is 6.54. The first-order valence-corrected chi connectivity index (χ1v) is 4.68. The summed E-state index contributed by atoms with van der Waals surface area (Å²) in [7, 11) is 6.23. The van der Waals surface area contributed by atoms with Crippen molar-refractivity contribution in [3.63, 3.8) is 0 Å². The van der Waals surface area contributed by atoms with Crippen molar-refractivity contribution in [3.05, 3.63) is 0 Å². The van der Waals surface area contributed by atoms with Crippen LogP contribution in [0.25, 0.3) is 0 Å². The molecular formula is C9H22N4. The van der Waals surface area contributed by atoms with Gasteiger partial charge in [-0.3, -0.25) is 5.41 Å². The molecule has 4 nitrogen and oxygen atoms in total. The Morgan fingerprint density at radius 2 is 1.77 bits per heavy atom. The van der Waals surface area contributed by atoms with E-state index in [0.717, 1.165) is 19.6 Å². The van der Waals surface area contributed by atoms with Gasteiger partial charge in [-0.1, -0.05) is 0 Å². The van der Waals surface area contributed by atoms with E-state index in [0.29, 0.717) is 6.42 Å². The molecule has 13 heavy (non-hydrogen) atoms. The summed E-state index contributed by atoms with van der Waals surface area (Å²) in [6.45, 7) is 3.08. The highest BCUT2D eigenvalue weighted by atomic mass is 15.1. The molecule has 0 saturated carbocycles. The predicted octanol–water partition coefficient (Wildman–Crippen LogP) is 0.196. The molecule has 0 aliphatic rings. The normalized spacial score (nSPS) is 11.2. The molecule has 0 radical (unpaired) electrons. The largest absolute Gasteiger partial charge is 0.388 e. The Labute approximate surface area is 81.2 Å². The Bertz CT molecular complexity index is 145. The molecule has 0 heterocycles. The maximum atomic E-state index is 7.08. The lowest BCUT2D eigenvalue weighted by Crippen LogP contribution is -2.27. The van der Waals surface area contributed by atoms with Gasteiger partial charge in [0, 0.05) is 13.0 Å². The van der Waals surface area contributed by atoms with Crippen LogP contribution in [0.5, 0.6) is 0 Å². The Hall–Kier alpha value is -0.610.